The van der Waals surface area contributed by atoms with Crippen LogP contribution in [0.5, 0.6) is 0 Å². The number of amides is 3. The monoisotopic (exact) mass is 288 g/mol. The summed E-state index contributed by atoms with van der Waals surface area (Å²) >= 11 is 0. The highest BCUT2D eigenvalue weighted by Crippen LogP contribution is 2.34. The molecule has 2 heterocycles. The summed E-state index contributed by atoms with van der Waals surface area (Å²) in [6.45, 7) is 0. The summed E-state index contributed by atoms with van der Waals surface area (Å²) in [4.78, 5) is 51.2. The maximum Gasteiger partial charge on any atom is 0.334 e. The first-order valence-electron chi connectivity index (χ1n) is 6.52. The summed E-state index contributed by atoms with van der Waals surface area (Å²) in [6.07, 6.45) is -0.141. The first-order valence-corrected chi connectivity index (χ1v) is 6.52. The van der Waals surface area contributed by atoms with Crippen LogP contribution in [-0.4, -0.2) is 28.8 Å². The van der Waals surface area contributed by atoms with Crippen LogP contribution in [0.4, 0.5) is 5.69 Å². The molecule has 0 saturated carbocycles. The Labute approximate surface area is 119 Å². The van der Waals surface area contributed by atoms with Gasteiger partial charge in [0.1, 0.15) is 0 Å². The lowest BCUT2D eigenvalue weighted by atomic mass is 9.97. The van der Waals surface area contributed by atoms with Crippen molar-refractivity contribution in [3.63, 3.8) is 0 Å². The maximum atomic E-state index is 11.9. The molecule has 0 radical (unpaired) electrons. The van der Waals surface area contributed by atoms with Gasteiger partial charge in [-0.3, -0.25) is 14.4 Å². The van der Waals surface area contributed by atoms with Gasteiger partial charge in [0.2, 0.25) is 5.91 Å². The Hall–Kier alpha value is -2.70. The number of benzene rings is 1. The molecule has 7 heteroatoms. The summed E-state index contributed by atoms with van der Waals surface area (Å²) in [5.74, 6) is -2.82. The highest BCUT2D eigenvalue weighted by molar-refractivity contribution is 6.05. The predicted molar refractivity (Wildman–Crippen MR) is 69.6 cm³/mol. The Morgan fingerprint density at radius 2 is 1.86 bits per heavy atom. The fraction of sp³-hybridized carbons (Fsp3) is 0.286. The molecule has 1 saturated heterocycles. The van der Waals surface area contributed by atoms with Gasteiger partial charge in [0.05, 0.1) is 12.3 Å². The molecule has 7 nitrogen and oxygen atoms in total. The summed E-state index contributed by atoms with van der Waals surface area (Å²) in [7, 11) is 0. The highest BCUT2D eigenvalue weighted by atomic mass is 16.7. The zero-order chi connectivity index (χ0) is 15.0. The molecule has 0 aromatic heterocycles. The molecule has 21 heavy (non-hydrogen) atoms. The van der Waals surface area contributed by atoms with Gasteiger partial charge in [-0.25, -0.2) is 4.79 Å². The largest absolute Gasteiger partial charge is 0.334 e. The molecular weight excluding hydrogens is 276 g/mol. The van der Waals surface area contributed by atoms with Crippen LogP contribution in [0, 0.1) is 0 Å². The molecule has 1 unspecified atom stereocenters. The smallest absolute Gasteiger partial charge is 0.330 e. The van der Waals surface area contributed by atoms with Crippen LogP contribution in [0.1, 0.15) is 30.7 Å². The molecule has 2 aliphatic heterocycles. The van der Waals surface area contributed by atoms with Crippen LogP contribution in [0.15, 0.2) is 24.3 Å². The van der Waals surface area contributed by atoms with Crippen LogP contribution in [0.3, 0.4) is 0 Å². The van der Waals surface area contributed by atoms with Crippen molar-refractivity contribution < 1.29 is 24.0 Å². The number of hydrogen-bond donors (Lipinski definition) is 1. The van der Waals surface area contributed by atoms with Crippen molar-refractivity contribution in [2.75, 3.05) is 5.32 Å². The van der Waals surface area contributed by atoms with Gasteiger partial charge in [0.25, 0.3) is 11.8 Å². The van der Waals surface area contributed by atoms with Crippen molar-refractivity contribution in [1.29, 1.82) is 0 Å². The molecule has 1 fully saturated rings. The molecule has 1 aromatic carbocycles. The summed E-state index contributed by atoms with van der Waals surface area (Å²) < 4.78 is 0. The van der Waals surface area contributed by atoms with Gasteiger partial charge in [0, 0.05) is 18.5 Å². The minimum atomic E-state index is -0.782. The van der Waals surface area contributed by atoms with Gasteiger partial charge >= 0.3 is 5.97 Å². The van der Waals surface area contributed by atoms with Crippen molar-refractivity contribution in [3.05, 3.63) is 29.8 Å². The molecule has 0 aliphatic carbocycles. The van der Waals surface area contributed by atoms with Crippen molar-refractivity contribution in [2.45, 2.75) is 25.2 Å². The number of hydrogen-bond acceptors (Lipinski definition) is 5. The van der Waals surface area contributed by atoms with E-state index in [4.69, 9.17) is 4.84 Å². The second-order valence-corrected chi connectivity index (χ2v) is 4.88. The number of hydroxylamine groups is 2. The van der Waals surface area contributed by atoms with E-state index >= 15 is 0 Å². The van der Waals surface area contributed by atoms with Gasteiger partial charge in [-0.2, -0.15) is 0 Å². The zero-order valence-corrected chi connectivity index (χ0v) is 11.0. The third-order valence-electron chi connectivity index (χ3n) is 3.48. The fourth-order valence-electron chi connectivity index (χ4n) is 2.44. The third kappa shape index (κ3) is 2.37. The van der Waals surface area contributed by atoms with E-state index in [1.54, 1.807) is 24.3 Å². The molecule has 1 N–H and O–H groups in total. The summed E-state index contributed by atoms with van der Waals surface area (Å²) in [5.41, 5.74) is 1.37. The minimum absolute atomic E-state index is 0.0405. The number of para-hydroxylation sites is 1. The van der Waals surface area contributed by atoms with E-state index in [9.17, 15) is 19.2 Å². The Bertz CT molecular complexity index is 639. The van der Waals surface area contributed by atoms with E-state index in [0.717, 1.165) is 0 Å². The number of nitrogens with zero attached hydrogens (tertiary/aromatic N) is 1. The summed E-state index contributed by atoms with van der Waals surface area (Å²) in [6, 6.07) is 7.04. The molecule has 1 atom stereocenters. The number of nitrogens with one attached hydrogen (secondary N) is 1. The SMILES string of the molecule is O=C(CC1C(=O)Nc2ccccc21)ON1C(=O)CCC1=O. The number of imide groups is 1. The lowest BCUT2D eigenvalue weighted by molar-refractivity contribution is -0.197. The standard InChI is InChI=1S/C14H12N2O5/c17-11-5-6-12(18)16(11)21-13(19)7-9-8-3-1-2-4-10(8)15-14(9)20/h1-4,9H,5-7H2,(H,15,20). The average Bonchev–Trinajstić information content (AvgIpc) is 2.93. The van der Waals surface area contributed by atoms with Gasteiger partial charge < -0.3 is 10.2 Å². The zero-order valence-electron chi connectivity index (χ0n) is 11.0. The molecule has 0 bridgehead atoms. The van der Waals surface area contributed by atoms with E-state index in [0.29, 0.717) is 16.3 Å². The van der Waals surface area contributed by atoms with Gasteiger partial charge in [-0.15, -0.1) is 5.06 Å². The quantitative estimate of drug-likeness (QED) is 0.827. The molecule has 1 aromatic rings. The molecule has 0 spiro atoms. The van der Waals surface area contributed by atoms with Crippen molar-refractivity contribution >= 4 is 29.4 Å². The molecule has 3 amide bonds. The van der Waals surface area contributed by atoms with E-state index in [1.165, 1.54) is 0 Å². The first kappa shape index (κ1) is 13.3. The third-order valence-corrected chi connectivity index (χ3v) is 3.48. The van der Waals surface area contributed by atoms with Crippen LogP contribution in [0.2, 0.25) is 0 Å². The lowest BCUT2D eigenvalue weighted by Gasteiger charge is -2.14. The second kappa shape index (κ2) is 5.01. The van der Waals surface area contributed by atoms with Crippen LogP contribution < -0.4 is 5.32 Å². The van der Waals surface area contributed by atoms with Gasteiger partial charge in [-0.05, 0) is 11.6 Å². The normalized spacial score (nSPS) is 20.5. The average molecular weight is 288 g/mol. The molecule has 2 aliphatic rings. The minimum Gasteiger partial charge on any atom is -0.330 e. The Balaban J connectivity index is 1.69. The van der Waals surface area contributed by atoms with Crippen molar-refractivity contribution in [3.8, 4) is 0 Å². The number of carbonyl (C=O) groups excluding carboxylic acids is 4. The number of anilines is 1. The van der Waals surface area contributed by atoms with Crippen LogP contribution in [0.25, 0.3) is 0 Å². The van der Waals surface area contributed by atoms with Gasteiger partial charge in [0.15, 0.2) is 0 Å². The molecular formula is C14H12N2O5. The maximum absolute atomic E-state index is 11.9. The Morgan fingerprint density at radius 3 is 2.57 bits per heavy atom. The van der Waals surface area contributed by atoms with Crippen LogP contribution >= 0.6 is 0 Å². The van der Waals surface area contributed by atoms with Crippen molar-refractivity contribution in [2.24, 2.45) is 0 Å². The number of rotatable bonds is 3. The van der Waals surface area contributed by atoms with E-state index in [1.807, 2.05) is 0 Å². The molecule has 3 rings (SSSR count). The van der Waals surface area contributed by atoms with E-state index < -0.39 is 23.7 Å². The van der Waals surface area contributed by atoms with Gasteiger partial charge in [-0.1, -0.05) is 18.2 Å². The predicted octanol–water partition coefficient (Wildman–Crippen LogP) is 0.720. The highest BCUT2D eigenvalue weighted by Gasteiger charge is 2.36. The number of carbonyl (C=O) groups is 4. The van der Waals surface area contributed by atoms with Crippen molar-refractivity contribution in [1.82, 2.24) is 5.06 Å². The summed E-state index contributed by atoms with van der Waals surface area (Å²) in [5, 5.41) is 3.16. The first-order chi connectivity index (χ1) is 10.1. The fourth-order valence-corrected chi connectivity index (χ4v) is 2.44. The second-order valence-electron chi connectivity index (χ2n) is 4.88. The topological polar surface area (TPSA) is 92.8 Å². The van der Waals surface area contributed by atoms with E-state index in [2.05, 4.69) is 5.32 Å². The lowest BCUT2D eigenvalue weighted by Crippen LogP contribution is -2.33. The Kier molecular flexibility index (Phi) is 3.17. The Morgan fingerprint density at radius 1 is 1.19 bits per heavy atom. The number of fused-ring (bicyclic) bond motifs is 1. The van der Waals surface area contributed by atoms with Crippen LogP contribution in [-0.2, 0) is 24.0 Å². The van der Waals surface area contributed by atoms with E-state index in [-0.39, 0.29) is 25.2 Å². The molecule has 108 valence electrons.